The summed E-state index contributed by atoms with van der Waals surface area (Å²) in [7, 11) is -2.70. The van der Waals surface area contributed by atoms with Gasteiger partial charge in [0.2, 0.25) is 0 Å². The first-order chi connectivity index (χ1) is 24.1. The van der Waals surface area contributed by atoms with Gasteiger partial charge in [0.15, 0.2) is 0 Å². The van der Waals surface area contributed by atoms with Crippen molar-refractivity contribution in [2.45, 2.75) is 45.8 Å². The molecule has 50 heavy (non-hydrogen) atoms. The zero-order chi connectivity index (χ0) is 34.7. The van der Waals surface area contributed by atoms with Gasteiger partial charge in [-0.1, -0.05) is 195 Å². The lowest BCUT2D eigenvalue weighted by Gasteiger charge is -2.21. The number of fused-ring (bicyclic) bond motifs is 4. The summed E-state index contributed by atoms with van der Waals surface area (Å²) in [4.78, 5) is 0. The number of hydrogen-bond acceptors (Lipinski definition) is 0. The van der Waals surface area contributed by atoms with Gasteiger partial charge in [-0.25, -0.2) is 0 Å². The van der Waals surface area contributed by atoms with E-state index in [4.69, 9.17) is 0 Å². The van der Waals surface area contributed by atoms with Crippen LogP contribution in [0.3, 0.4) is 0 Å². The lowest BCUT2D eigenvalue weighted by atomic mass is 9.85. The highest BCUT2D eigenvalue weighted by molar-refractivity contribution is 6.88. The molecule has 244 valence electrons. The van der Waals surface area contributed by atoms with Gasteiger partial charge in [-0.05, 0) is 82.5 Å². The molecule has 0 atom stereocenters. The molecule has 0 spiro atoms. The van der Waals surface area contributed by atoms with E-state index >= 15 is 0 Å². The maximum absolute atomic E-state index is 2.52. The Morgan fingerprint density at radius 2 is 0.920 bits per heavy atom. The van der Waals surface area contributed by atoms with Crippen molar-refractivity contribution in [3.05, 3.63) is 140 Å². The van der Waals surface area contributed by atoms with Crippen molar-refractivity contribution in [3.8, 4) is 33.4 Å². The van der Waals surface area contributed by atoms with Crippen LogP contribution in [0.15, 0.2) is 140 Å². The normalized spacial score (nSPS) is 12.3. The number of rotatable bonds is 6. The van der Waals surface area contributed by atoms with Gasteiger partial charge in [0, 0.05) is 0 Å². The van der Waals surface area contributed by atoms with Gasteiger partial charge in [-0.3, -0.25) is 0 Å². The van der Waals surface area contributed by atoms with Gasteiger partial charge < -0.3 is 0 Å². The molecule has 8 aromatic carbocycles. The standard InChI is InChI=1S/C47H44Si3/c1-48(2)37-23-26-43-44(29-37)46(33-17-15-32(16-18-33)41-14-10-12-31-11-8-9-13-40(31)41)42-25-22-38(49(3)4)30-45(42)47(43)36-20-19-35-28-39(50(5,6)7)24-21-34(35)27-36/h8-30H,1-7H3. The fraction of sp³-hybridized carbons (Fsp3) is 0.149. The van der Waals surface area contributed by atoms with Gasteiger partial charge in [0.05, 0.1) is 25.7 Å². The lowest BCUT2D eigenvalue weighted by Crippen LogP contribution is -2.37. The van der Waals surface area contributed by atoms with Gasteiger partial charge in [-0.2, -0.15) is 0 Å². The molecule has 2 radical (unpaired) electrons. The van der Waals surface area contributed by atoms with Crippen LogP contribution in [0, 0.1) is 0 Å². The average Bonchev–Trinajstić information content (AvgIpc) is 3.12. The Labute approximate surface area is 301 Å². The van der Waals surface area contributed by atoms with Crippen molar-refractivity contribution in [1.29, 1.82) is 0 Å². The number of benzene rings is 8. The van der Waals surface area contributed by atoms with E-state index in [9.17, 15) is 0 Å². The molecular weight excluding hydrogens is 649 g/mol. The highest BCUT2D eigenvalue weighted by atomic mass is 28.3. The smallest absolute Gasteiger partial charge is 0.0671 e. The topological polar surface area (TPSA) is 0 Å². The van der Waals surface area contributed by atoms with Crippen molar-refractivity contribution in [3.63, 3.8) is 0 Å². The molecule has 0 amide bonds. The van der Waals surface area contributed by atoms with Crippen LogP contribution in [0.2, 0.25) is 45.8 Å². The van der Waals surface area contributed by atoms with Crippen LogP contribution in [0.1, 0.15) is 0 Å². The largest absolute Gasteiger partial charge is 0.0791 e. The predicted octanol–water partition coefficient (Wildman–Crippen LogP) is 11.8. The summed E-state index contributed by atoms with van der Waals surface area (Å²) in [6, 6.07) is 53.7. The molecule has 3 heteroatoms. The molecule has 0 aliphatic heterocycles. The van der Waals surface area contributed by atoms with E-state index in [0.29, 0.717) is 0 Å². The van der Waals surface area contributed by atoms with Gasteiger partial charge in [0.25, 0.3) is 0 Å². The van der Waals surface area contributed by atoms with E-state index in [1.807, 2.05) is 0 Å². The first-order valence-electron chi connectivity index (χ1n) is 17.8. The van der Waals surface area contributed by atoms with E-state index in [2.05, 4.69) is 185 Å². The Morgan fingerprint density at radius 1 is 0.380 bits per heavy atom. The fourth-order valence-corrected chi connectivity index (χ4v) is 10.5. The summed E-state index contributed by atoms with van der Waals surface area (Å²) in [5.41, 5.74) is 7.82. The quantitative estimate of drug-likeness (QED) is 0.120. The molecule has 0 aliphatic carbocycles. The third-order valence-electron chi connectivity index (χ3n) is 10.5. The molecule has 0 saturated carbocycles. The van der Waals surface area contributed by atoms with Gasteiger partial charge in [0.1, 0.15) is 0 Å². The second kappa shape index (κ2) is 12.6. The highest BCUT2D eigenvalue weighted by Gasteiger charge is 2.21. The van der Waals surface area contributed by atoms with E-state index in [1.54, 1.807) is 0 Å². The Hall–Kier alpha value is -4.55. The van der Waals surface area contributed by atoms with E-state index in [0.717, 1.165) is 0 Å². The Bertz CT molecular complexity index is 2560. The van der Waals surface area contributed by atoms with Crippen molar-refractivity contribution in [2.24, 2.45) is 0 Å². The molecule has 0 saturated heterocycles. The SMILES string of the molecule is C[Si](C)c1ccc2c(-c3ccc4cc([Si](C)(C)C)ccc4c3)c3cc([Si](C)C)ccc3c(-c3ccc(-c4cccc5ccccc45)cc3)c2c1. The minimum absolute atomic E-state index is 0.646. The second-order valence-corrected chi connectivity index (χ2v) is 25.6. The molecule has 0 unspecified atom stereocenters. The Balaban J connectivity index is 1.40. The summed E-state index contributed by atoms with van der Waals surface area (Å²) in [6.07, 6.45) is 0. The minimum atomic E-state index is -1.40. The first kappa shape index (κ1) is 32.6. The zero-order valence-electron chi connectivity index (χ0n) is 30.3. The highest BCUT2D eigenvalue weighted by Crippen LogP contribution is 2.44. The maximum Gasteiger partial charge on any atom is 0.0791 e. The molecule has 0 nitrogen and oxygen atoms in total. The van der Waals surface area contributed by atoms with Crippen molar-refractivity contribution in [1.82, 2.24) is 0 Å². The monoisotopic (exact) mass is 692 g/mol. The Kier molecular flexibility index (Phi) is 8.26. The Morgan fingerprint density at radius 3 is 1.56 bits per heavy atom. The predicted molar refractivity (Wildman–Crippen MR) is 230 cm³/mol. The second-order valence-electron chi connectivity index (χ2n) is 15.4. The molecule has 0 N–H and O–H groups in total. The van der Waals surface area contributed by atoms with E-state index < -0.39 is 25.7 Å². The van der Waals surface area contributed by atoms with Crippen LogP contribution in [0.5, 0.6) is 0 Å². The molecule has 0 bridgehead atoms. The van der Waals surface area contributed by atoms with E-state index in [1.165, 1.54) is 92.0 Å². The molecular formula is C47H44Si3. The van der Waals surface area contributed by atoms with E-state index in [-0.39, 0.29) is 0 Å². The van der Waals surface area contributed by atoms with Gasteiger partial charge >= 0.3 is 0 Å². The maximum atomic E-state index is 2.52. The lowest BCUT2D eigenvalue weighted by molar-refractivity contribution is 1.64. The summed E-state index contributed by atoms with van der Waals surface area (Å²) in [5.74, 6) is 0. The van der Waals surface area contributed by atoms with Crippen LogP contribution in [-0.2, 0) is 0 Å². The summed E-state index contributed by atoms with van der Waals surface area (Å²) in [5, 5.41) is 15.1. The van der Waals surface area contributed by atoms with Crippen molar-refractivity contribution in [2.75, 3.05) is 0 Å². The summed E-state index contributed by atoms with van der Waals surface area (Å²) in [6.45, 7) is 16.9. The van der Waals surface area contributed by atoms with Crippen molar-refractivity contribution < 1.29 is 0 Å². The molecule has 0 heterocycles. The molecule has 0 aromatic heterocycles. The van der Waals surface area contributed by atoms with Crippen molar-refractivity contribution >= 4 is 84.3 Å². The fourth-order valence-electron chi connectivity index (χ4n) is 7.63. The zero-order valence-corrected chi connectivity index (χ0v) is 33.3. The molecule has 8 aromatic rings. The van der Waals surface area contributed by atoms with Gasteiger partial charge in [-0.15, -0.1) is 0 Å². The van der Waals surface area contributed by atoms with Crippen LogP contribution in [0.25, 0.3) is 76.5 Å². The molecule has 0 fully saturated rings. The molecule has 0 aliphatic rings. The minimum Gasteiger partial charge on any atom is -0.0671 e. The van der Waals surface area contributed by atoms with Crippen LogP contribution < -0.4 is 15.6 Å². The number of hydrogen-bond donors (Lipinski definition) is 0. The molecule has 8 rings (SSSR count). The summed E-state index contributed by atoms with van der Waals surface area (Å²) < 4.78 is 0. The first-order valence-corrected chi connectivity index (χ1v) is 26.3. The average molecular weight is 693 g/mol. The van der Waals surface area contributed by atoms with Crippen LogP contribution in [-0.4, -0.2) is 25.7 Å². The summed E-state index contributed by atoms with van der Waals surface area (Å²) >= 11 is 0. The third kappa shape index (κ3) is 5.77. The van der Waals surface area contributed by atoms with Crippen LogP contribution >= 0.6 is 0 Å². The third-order valence-corrected chi connectivity index (χ3v) is 15.5. The van der Waals surface area contributed by atoms with Crippen LogP contribution in [0.4, 0.5) is 0 Å².